The van der Waals surface area contributed by atoms with Crippen molar-refractivity contribution in [1.82, 2.24) is 0 Å². The van der Waals surface area contributed by atoms with Gasteiger partial charge in [0.1, 0.15) is 0 Å². The highest BCUT2D eigenvalue weighted by molar-refractivity contribution is 4.95. The zero-order chi connectivity index (χ0) is 7.98. The molecule has 0 saturated carbocycles. The molecule has 2 unspecified atom stereocenters. The fraction of sp³-hybridized carbons (Fsp3) is 0.750. The van der Waals surface area contributed by atoms with E-state index in [4.69, 9.17) is 6.42 Å². The minimum Gasteiger partial charge on any atom is -0.197 e. The first-order valence-electron chi connectivity index (χ1n) is 3.51. The molecule has 56 valence electrons. The smallest absolute Gasteiger partial charge is 0.0839 e. The first-order chi connectivity index (χ1) is 4.76. The lowest BCUT2D eigenvalue weighted by Crippen LogP contribution is -2.11. The van der Waals surface area contributed by atoms with Crippen LogP contribution in [0.1, 0.15) is 20.3 Å². The minimum atomic E-state index is 0.202. The van der Waals surface area contributed by atoms with Crippen molar-refractivity contribution >= 4 is 0 Å². The number of hydrogen-bond donors (Lipinski definition) is 0. The van der Waals surface area contributed by atoms with Crippen LogP contribution in [0.25, 0.3) is 0 Å². The van der Waals surface area contributed by atoms with Crippen molar-refractivity contribution < 1.29 is 0 Å². The number of azo groups is 1. The lowest BCUT2D eigenvalue weighted by atomic mass is 10.0. The Balaban J connectivity index is 3.95. The van der Waals surface area contributed by atoms with Gasteiger partial charge in [-0.25, -0.2) is 0 Å². The van der Waals surface area contributed by atoms with E-state index in [1.807, 2.05) is 6.92 Å². The summed E-state index contributed by atoms with van der Waals surface area (Å²) in [5.41, 5.74) is 0. The SMILES string of the molecule is C#CC(C)C(CC)N=NC. The second kappa shape index (κ2) is 4.99. The molecule has 0 aliphatic rings. The minimum absolute atomic E-state index is 0.202. The van der Waals surface area contributed by atoms with E-state index in [1.165, 1.54) is 0 Å². The third-order valence-corrected chi connectivity index (χ3v) is 1.52. The molecule has 0 aromatic carbocycles. The Morgan fingerprint density at radius 2 is 2.20 bits per heavy atom. The van der Waals surface area contributed by atoms with Gasteiger partial charge in [-0.2, -0.15) is 10.2 Å². The van der Waals surface area contributed by atoms with Gasteiger partial charge in [0.05, 0.1) is 6.04 Å². The predicted molar refractivity (Wildman–Crippen MR) is 42.9 cm³/mol. The standard InChI is InChI=1S/C8H14N2/c1-5-7(3)8(6-2)10-9-4/h1,7-8H,6H2,2-4H3. The summed E-state index contributed by atoms with van der Waals surface area (Å²) in [6, 6.07) is 0.204. The third kappa shape index (κ3) is 2.63. The second-order valence-corrected chi connectivity index (χ2v) is 2.25. The highest BCUT2D eigenvalue weighted by Crippen LogP contribution is 2.09. The van der Waals surface area contributed by atoms with E-state index in [-0.39, 0.29) is 12.0 Å². The quantitative estimate of drug-likeness (QED) is 0.421. The van der Waals surface area contributed by atoms with Gasteiger partial charge < -0.3 is 0 Å². The monoisotopic (exact) mass is 138 g/mol. The molecular formula is C8H14N2. The summed E-state index contributed by atoms with van der Waals surface area (Å²) < 4.78 is 0. The number of nitrogens with zero attached hydrogens (tertiary/aromatic N) is 2. The van der Waals surface area contributed by atoms with E-state index in [0.29, 0.717) is 0 Å². The second-order valence-electron chi connectivity index (χ2n) is 2.25. The van der Waals surface area contributed by atoms with Gasteiger partial charge in [-0.15, -0.1) is 12.3 Å². The molecule has 0 aromatic rings. The van der Waals surface area contributed by atoms with Crippen molar-refractivity contribution in [3.8, 4) is 12.3 Å². The molecule has 0 spiro atoms. The fourth-order valence-electron chi connectivity index (χ4n) is 0.795. The van der Waals surface area contributed by atoms with Crippen LogP contribution >= 0.6 is 0 Å². The van der Waals surface area contributed by atoms with Crippen LogP contribution < -0.4 is 0 Å². The van der Waals surface area contributed by atoms with Gasteiger partial charge in [0.2, 0.25) is 0 Å². The van der Waals surface area contributed by atoms with Crippen LogP contribution in [0.15, 0.2) is 10.2 Å². The van der Waals surface area contributed by atoms with Gasteiger partial charge in [-0.05, 0) is 13.3 Å². The molecule has 0 fully saturated rings. The van der Waals surface area contributed by atoms with Crippen LogP contribution in [0.2, 0.25) is 0 Å². The topological polar surface area (TPSA) is 24.7 Å². The van der Waals surface area contributed by atoms with Crippen molar-refractivity contribution in [2.24, 2.45) is 16.1 Å². The van der Waals surface area contributed by atoms with Crippen molar-refractivity contribution in [1.29, 1.82) is 0 Å². The summed E-state index contributed by atoms with van der Waals surface area (Å²) in [6.07, 6.45) is 6.19. The molecule has 0 aliphatic carbocycles. The molecule has 0 aliphatic heterocycles. The van der Waals surface area contributed by atoms with Gasteiger partial charge in [0, 0.05) is 13.0 Å². The van der Waals surface area contributed by atoms with Gasteiger partial charge in [0.15, 0.2) is 0 Å². The van der Waals surface area contributed by atoms with Gasteiger partial charge >= 0.3 is 0 Å². The maximum atomic E-state index is 5.23. The lowest BCUT2D eigenvalue weighted by Gasteiger charge is -2.10. The Morgan fingerprint density at radius 3 is 2.50 bits per heavy atom. The first-order valence-corrected chi connectivity index (χ1v) is 3.51. The number of hydrogen-bond acceptors (Lipinski definition) is 2. The van der Waals surface area contributed by atoms with Crippen LogP contribution in [0, 0.1) is 18.3 Å². The molecular weight excluding hydrogens is 124 g/mol. The average molecular weight is 138 g/mol. The van der Waals surface area contributed by atoms with Crippen LogP contribution in [0.3, 0.4) is 0 Å². The molecule has 0 heterocycles. The average Bonchev–Trinajstić information content (AvgIpc) is 1.99. The lowest BCUT2D eigenvalue weighted by molar-refractivity contribution is 0.518. The molecule has 0 N–H and O–H groups in total. The van der Waals surface area contributed by atoms with Crippen molar-refractivity contribution in [2.45, 2.75) is 26.3 Å². The predicted octanol–water partition coefficient (Wildman–Crippen LogP) is 2.12. The Hall–Kier alpha value is -0.840. The van der Waals surface area contributed by atoms with E-state index in [2.05, 4.69) is 23.1 Å². The zero-order valence-corrected chi connectivity index (χ0v) is 6.83. The number of rotatable bonds is 3. The molecule has 10 heavy (non-hydrogen) atoms. The summed E-state index contributed by atoms with van der Waals surface area (Å²) in [4.78, 5) is 0. The summed E-state index contributed by atoms with van der Waals surface area (Å²) in [5.74, 6) is 2.85. The normalized spacial score (nSPS) is 16.6. The molecule has 0 saturated heterocycles. The van der Waals surface area contributed by atoms with Crippen LogP contribution in [0.4, 0.5) is 0 Å². The Labute approximate surface area is 62.7 Å². The molecule has 2 atom stereocenters. The first kappa shape index (κ1) is 9.16. The van der Waals surface area contributed by atoms with E-state index in [1.54, 1.807) is 7.05 Å². The molecule has 0 amide bonds. The Kier molecular flexibility index (Phi) is 4.57. The fourth-order valence-corrected chi connectivity index (χ4v) is 0.795. The highest BCUT2D eigenvalue weighted by atomic mass is 15.1. The van der Waals surface area contributed by atoms with E-state index < -0.39 is 0 Å². The van der Waals surface area contributed by atoms with Crippen molar-refractivity contribution in [3.63, 3.8) is 0 Å². The summed E-state index contributed by atoms with van der Waals surface area (Å²) in [5, 5.41) is 7.70. The summed E-state index contributed by atoms with van der Waals surface area (Å²) >= 11 is 0. The molecule has 0 rings (SSSR count). The van der Waals surface area contributed by atoms with E-state index in [0.717, 1.165) is 6.42 Å². The van der Waals surface area contributed by atoms with Crippen LogP contribution in [-0.4, -0.2) is 13.1 Å². The summed E-state index contributed by atoms with van der Waals surface area (Å²) in [7, 11) is 1.67. The Bertz CT molecular complexity index is 144. The molecule has 0 radical (unpaired) electrons. The van der Waals surface area contributed by atoms with Gasteiger partial charge in [-0.1, -0.05) is 6.92 Å². The van der Waals surface area contributed by atoms with Gasteiger partial charge in [-0.3, -0.25) is 0 Å². The number of terminal acetylenes is 1. The van der Waals surface area contributed by atoms with E-state index >= 15 is 0 Å². The zero-order valence-electron chi connectivity index (χ0n) is 6.83. The summed E-state index contributed by atoms with van der Waals surface area (Å²) in [6.45, 7) is 4.05. The third-order valence-electron chi connectivity index (χ3n) is 1.52. The van der Waals surface area contributed by atoms with Crippen molar-refractivity contribution in [3.05, 3.63) is 0 Å². The largest absolute Gasteiger partial charge is 0.197 e. The van der Waals surface area contributed by atoms with Crippen LogP contribution in [0.5, 0.6) is 0 Å². The molecule has 0 bridgehead atoms. The maximum Gasteiger partial charge on any atom is 0.0839 e. The van der Waals surface area contributed by atoms with Crippen LogP contribution in [-0.2, 0) is 0 Å². The molecule has 0 aromatic heterocycles. The highest BCUT2D eigenvalue weighted by Gasteiger charge is 2.10. The molecule has 2 heteroatoms. The molecule has 2 nitrogen and oxygen atoms in total. The van der Waals surface area contributed by atoms with E-state index in [9.17, 15) is 0 Å². The van der Waals surface area contributed by atoms with Gasteiger partial charge in [0.25, 0.3) is 0 Å². The maximum absolute atomic E-state index is 5.23. The van der Waals surface area contributed by atoms with Crippen molar-refractivity contribution in [2.75, 3.05) is 7.05 Å². The Morgan fingerprint density at radius 1 is 1.60 bits per heavy atom.